The normalized spacial score (nSPS) is 21.7. The van der Waals surface area contributed by atoms with Crippen LogP contribution in [0.15, 0.2) is 23.1 Å². The molecule has 6 heteroatoms. The first-order valence-electron chi connectivity index (χ1n) is 7.23. The van der Waals surface area contributed by atoms with E-state index in [4.69, 9.17) is 5.73 Å². The van der Waals surface area contributed by atoms with Crippen LogP contribution in [0.2, 0.25) is 0 Å². The number of anilines is 2. The van der Waals surface area contributed by atoms with Gasteiger partial charge in [0.25, 0.3) is 0 Å². The van der Waals surface area contributed by atoms with E-state index in [0.717, 1.165) is 12.1 Å². The van der Waals surface area contributed by atoms with Gasteiger partial charge in [0.2, 0.25) is 10.0 Å². The van der Waals surface area contributed by atoms with Crippen LogP contribution in [0.5, 0.6) is 0 Å². The standard InChI is InChI=1S/C15H25N3O2S/c1-15(2)9-5-6-14(15)17-13-8-7-11(10-12(13)16)21(19,20)18(3)4/h7-8,10,14,17H,5-6,9,16H2,1-4H3. The summed E-state index contributed by atoms with van der Waals surface area (Å²) in [6.07, 6.45) is 3.51. The molecule has 0 bridgehead atoms. The molecule has 1 unspecified atom stereocenters. The zero-order valence-electron chi connectivity index (χ0n) is 13.2. The van der Waals surface area contributed by atoms with E-state index in [1.54, 1.807) is 12.1 Å². The van der Waals surface area contributed by atoms with Gasteiger partial charge in [-0.05, 0) is 36.5 Å². The molecule has 1 atom stereocenters. The Labute approximate surface area is 127 Å². The molecule has 1 fully saturated rings. The van der Waals surface area contributed by atoms with Gasteiger partial charge in [0.1, 0.15) is 0 Å². The highest BCUT2D eigenvalue weighted by molar-refractivity contribution is 7.89. The van der Waals surface area contributed by atoms with Crippen molar-refractivity contribution < 1.29 is 8.42 Å². The van der Waals surface area contributed by atoms with Crippen LogP contribution in [0, 0.1) is 5.41 Å². The predicted octanol–water partition coefficient (Wildman–Crippen LogP) is 2.51. The van der Waals surface area contributed by atoms with Crippen molar-refractivity contribution in [2.45, 2.75) is 44.0 Å². The van der Waals surface area contributed by atoms with Crippen molar-refractivity contribution in [1.29, 1.82) is 0 Å². The highest BCUT2D eigenvalue weighted by atomic mass is 32.2. The quantitative estimate of drug-likeness (QED) is 0.838. The lowest BCUT2D eigenvalue weighted by molar-refractivity contribution is 0.350. The molecular formula is C15H25N3O2S. The highest BCUT2D eigenvalue weighted by Gasteiger charge is 2.34. The second kappa shape index (κ2) is 5.50. The molecule has 1 aromatic carbocycles. The number of hydrogen-bond acceptors (Lipinski definition) is 4. The number of nitrogens with zero attached hydrogens (tertiary/aromatic N) is 1. The number of benzene rings is 1. The van der Waals surface area contributed by atoms with Gasteiger partial charge in [-0.1, -0.05) is 20.3 Å². The third-order valence-corrected chi connectivity index (χ3v) is 6.20. The second-order valence-electron chi connectivity index (χ2n) is 6.61. The molecule has 1 aromatic rings. The highest BCUT2D eigenvalue weighted by Crippen LogP contribution is 2.40. The monoisotopic (exact) mass is 311 g/mol. The molecule has 0 heterocycles. The lowest BCUT2D eigenvalue weighted by Gasteiger charge is -2.29. The smallest absolute Gasteiger partial charge is 0.242 e. The SMILES string of the molecule is CN(C)S(=O)(=O)c1ccc(NC2CCCC2(C)C)c(N)c1. The summed E-state index contributed by atoms with van der Waals surface area (Å²) in [5, 5.41) is 3.47. The fourth-order valence-electron chi connectivity index (χ4n) is 2.83. The minimum absolute atomic E-state index is 0.223. The zero-order chi connectivity index (χ0) is 15.8. The molecule has 1 saturated carbocycles. The maximum Gasteiger partial charge on any atom is 0.242 e. The third kappa shape index (κ3) is 3.16. The van der Waals surface area contributed by atoms with E-state index in [2.05, 4.69) is 19.2 Å². The number of nitrogens with two attached hydrogens (primary N) is 1. The third-order valence-electron chi connectivity index (χ3n) is 4.39. The van der Waals surface area contributed by atoms with Crippen molar-refractivity contribution in [3.8, 4) is 0 Å². The van der Waals surface area contributed by atoms with Crippen LogP contribution in [0.1, 0.15) is 33.1 Å². The molecular weight excluding hydrogens is 286 g/mol. The first-order valence-corrected chi connectivity index (χ1v) is 8.67. The molecule has 0 amide bonds. The average molecular weight is 311 g/mol. The summed E-state index contributed by atoms with van der Waals surface area (Å²) >= 11 is 0. The Balaban J connectivity index is 2.25. The maximum atomic E-state index is 12.1. The van der Waals surface area contributed by atoms with E-state index >= 15 is 0 Å². The van der Waals surface area contributed by atoms with E-state index < -0.39 is 10.0 Å². The molecule has 0 aromatic heterocycles. The fraction of sp³-hybridized carbons (Fsp3) is 0.600. The number of rotatable bonds is 4. The van der Waals surface area contributed by atoms with Crippen LogP contribution in [0.4, 0.5) is 11.4 Å². The van der Waals surface area contributed by atoms with Gasteiger partial charge in [-0.25, -0.2) is 12.7 Å². The van der Waals surface area contributed by atoms with Crippen molar-refractivity contribution in [2.75, 3.05) is 25.1 Å². The molecule has 118 valence electrons. The van der Waals surface area contributed by atoms with Gasteiger partial charge < -0.3 is 11.1 Å². The van der Waals surface area contributed by atoms with Gasteiger partial charge in [0, 0.05) is 20.1 Å². The first kappa shape index (κ1) is 16.1. The van der Waals surface area contributed by atoms with E-state index in [9.17, 15) is 8.42 Å². The lowest BCUT2D eigenvalue weighted by atomic mass is 9.87. The molecule has 0 spiro atoms. The van der Waals surface area contributed by atoms with Gasteiger partial charge in [0.05, 0.1) is 16.3 Å². The molecule has 1 aliphatic carbocycles. The van der Waals surface area contributed by atoms with Crippen LogP contribution >= 0.6 is 0 Å². The number of nitrogens with one attached hydrogen (secondary N) is 1. The molecule has 0 saturated heterocycles. The Morgan fingerprint density at radius 3 is 2.48 bits per heavy atom. The van der Waals surface area contributed by atoms with Crippen LogP contribution in [-0.2, 0) is 10.0 Å². The molecule has 3 N–H and O–H groups in total. The van der Waals surface area contributed by atoms with Crippen LogP contribution in [0.25, 0.3) is 0 Å². The van der Waals surface area contributed by atoms with Gasteiger partial charge in [-0.15, -0.1) is 0 Å². The van der Waals surface area contributed by atoms with Crippen LogP contribution < -0.4 is 11.1 Å². The van der Waals surface area contributed by atoms with Crippen molar-refractivity contribution in [2.24, 2.45) is 5.41 Å². The minimum atomic E-state index is -3.44. The molecule has 21 heavy (non-hydrogen) atoms. The van der Waals surface area contributed by atoms with Crippen molar-refractivity contribution in [3.05, 3.63) is 18.2 Å². The summed E-state index contributed by atoms with van der Waals surface area (Å²) in [5.41, 5.74) is 7.56. The summed E-state index contributed by atoms with van der Waals surface area (Å²) in [6, 6.07) is 5.27. The molecule has 5 nitrogen and oxygen atoms in total. The summed E-state index contributed by atoms with van der Waals surface area (Å²) in [4.78, 5) is 0.223. The van der Waals surface area contributed by atoms with Crippen molar-refractivity contribution in [1.82, 2.24) is 4.31 Å². The van der Waals surface area contributed by atoms with E-state index in [1.807, 2.05) is 0 Å². The molecule has 0 aliphatic heterocycles. The number of hydrogen-bond donors (Lipinski definition) is 2. The largest absolute Gasteiger partial charge is 0.397 e. The summed E-state index contributed by atoms with van der Waals surface area (Å²) in [6.45, 7) is 4.50. The molecule has 2 rings (SSSR count). The predicted molar refractivity (Wildman–Crippen MR) is 86.8 cm³/mol. The Morgan fingerprint density at radius 2 is 2.00 bits per heavy atom. The number of nitrogen functional groups attached to an aromatic ring is 1. The Bertz CT molecular complexity index is 624. The Kier molecular flexibility index (Phi) is 4.22. The van der Waals surface area contributed by atoms with E-state index in [0.29, 0.717) is 11.7 Å². The van der Waals surface area contributed by atoms with E-state index in [-0.39, 0.29) is 10.3 Å². The maximum absolute atomic E-state index is 12.1. The van der Waals surface area contributed by atoms with Gasteiger partial charge in [-0.3, -0.25) is 0 Å². The van der Waals surface area contributed by atoms with Crippen LogP contribution in [-0.4, -0.2) is 32.9 Å². The van der Waals surface area contributed by atoms with Gasteiger partial charge in [0.15, 0.2) is 0 Å². The first-order chi connectivity index (χ1) is 9.64. The second-order valence-corrected chi connectivity index (χ2v) is 8.77. The van der Waals surface area contributed by atoms with Crippen molar-refractivity contribution in [3.63, 3.8) is 0 Å². The lowest BCUT2D eigenvalue weighted by Crippen LogP contribution is -2.31. The zero-order valence-corrected chi connectivity index (χ0v) is 14.0. The Morgan fingerprint density at radius 1 is 1.33 bits per heavy atom. The number of sulfonamides is 1. The minimum Gasteiger partial charge on any atom is -0.397 e. The van der Waals surface area contributed by atoms with Crippen LogP contribution in [0.3, 0.4) is 0 Å². The fourth-order valence-corrected chi connectivity index (χ4v) is 3.76. The summed E-state index contributed by atoms with van der Waals surface area (Å²) in [7, 11) is -0.415. The Hall–Kier alpha value is -1.27. The van der Waals surface area contributed by atoms with Gasteiger partial charge in [-0.2, -0.15) is 0 Å². The topological polar surface area (TPSA) is 75.4 Å². The summed E-state index contributed by atoms with van der Waals surface area (Å²) in [5.74, 6) is 0. The molecule has 1 aliphatic rings. The van der Waals surface area contributed by atoms with Gasteiger partial charge >= 0.3 is 0 Å². The van der Waals surface area contributed by atoms with E-state index in [1.165, 1.54) is 37.3 Å². The average Bonchev–Trinajstić information content (AvgIpc) is 2.70. The summed E-state index contributed by atoms with van der Waals surface area (Å²) < 4.78 is 25.4. The van der Waals surface area contributed by atoms with Crippen molar-refractivity contribution >= 4 is 21.4 Å². The molecule has 0 radical (unpaired) electrons.